The number of aromatic carboxylic acids is 1. The number of halogens is 3. The Kier molecular flexibility index (Phi) is 5.01. The van der Waals surface area contributed by atoms with E-state index in [1.807, 2.05) is 0 Å². The van der Waals surface area contributed by atoms with Gasteiger partial charge in [-0.05, 0) is 29.8 Å². The average molecular weight is 409 g/mol. The summed E-state index contributed by atoms with van der Waals surface area (Å²) in [5.74, 6) is -4.58. The number of Topliss-reactive ketones (excluding diaryl/α,β-unsaturated/α-hetero) is 1. The van der Waals surface area contributed by atoms with Crippen molar-refractivity contribution in [2.24, 2.45) is 5.92 Å². The van der Waals surface area contributed by atoms with Crippen LogP contribution < -0.4 is 10.6 Å². The van der Waals surface area contributed by atoms with Crippen LogP contribution in [0, 0.1) is 5.92 Å². The van der Waals surface area contributed by atoms with E-state index in [4.69, 9.17) is 5.11 Å². The van der Waals surface area contributed by atoms with Crippen LogP contribution in [0.4, 0.5) is 18.0 Å². The smallest absolute Gasteiger partial charge is 0.437 e. The van der Waals surface area contributed by atoms with Gasteiger partial charge in [0.15, 0.2) is 5.78 Å². The van der Waals surface area contributed by atoms with E-state index in [-0.39, 0.29) is 16.7 Å². The third-order valence-electron chi connectivity index (χ3n) is 4.55. The summed E-state index contributed by atoms with van der Waals surface area (Å²) in [6, 6.07) is 4.20. The fraction of sp³-hybridized carbons (Fsp3) is 0.222. The molecule has 0 spiro atoms. The molecule has 1 aromatic heterocycles. The molecule has 1 saturated heterocycles. The van der Waals surface area contributed by atoms with Gasteiger partial charge in [-0.3, -0.25) is 9.78 Å². The van der Waals surface area contributed by atoms with E-state index in [2.05, 4.69) is 10.3 Å². The number of pyridine rings is 1. The molecule has 1 fully saturated rings. The molecular formula is C18H14F3N3O5. The lowest BCUT2D eigenvalue weighted by atomic mass is 9.77. The van der Waals surface area contributed by atoms with Gasteiger partial charge in [-0.1, -0.05) is 12.1 Å². The van der Waals surface area contributed by atoms with Gasteiger partial charge in [0.2, 0.25) is 5.72 Å². The number of hydrogen-bond acceptors (Lipinski definition) is 5. The number of nitrogens with one attached hydrogen (secondary N) is 2. The van der Waals surface area contributed by atoms with Gasteiger partial charge in [0.25, 0.3) is 0 Å². The molecule has 11 heteroatoms. The van der Waals surface area contributed by atoms with Gasteiger partial charge < -0.3 is 20.8 Å². The lowest BCUT2D eigenvalue weighted by Gasteiger charge is -2.45. The van der Waals surface area contributed by atoms with Gasteiger partial charge in [0.1, 0.15) is 5.92 Å². The molecular weight excluding hydrogens is 395 g/mol. The van der Waals surface area contributed by atoms with Crippen LogP contribution in [0.3, 0.4) is 0 Å². The van der Waals surface area contributed by atoms with Crippen molar-refractivity contribution in [3.63, 3.8) is 0 Å². The van der Waals surface area contributed by atoms with Gasteiger partial charge in [-0.15, -0.1) is 0 Å². The topological polar surface area (TPSA) is 129 Å². The Morgan fingerprint density at radius 1 is 1.10 bits per heavy atom. The van der Waals surface area contributed by atoms with Crippen molar-refractivity contribution in [1.82, 2.24) is 15.6 Å². The predicted molar refractivity (Wildman–Crippen MR) is 90.9 cm³/mol. The highest BCUT2D eigenvalue weighted by Gasteiger charge is 2.66. The fourth-order valence-corrected chi connectivity index (χ4v) is 3.14. The molecule has 1 aliphatic rings. The first-order chi connectivity index (χ1) is 13.5. The molecule has 0 saturated carbocycles. The van der Waals surface area contributed by atoms with Crippen LogP contribution >= 0.6 is 0 Å². The maximum atomic E-state index is 13.7. The number of urea groups is 1. The number of carbonyl (C=O) groups is 3. The van der Waals surface area contributed by atoms with Gasteiger partial charge in [-0.2, -0.15) is 13.2 Å². The molecule has 4 N–H and O–H groups in total. The summed E-state index contributed by atoms with van der Waals surface area (Å²) in [6.07, 6.45) is -3.03. The number of carboxylic acids is 1. The van der Waals surface area contributed by atoms with E-state index < -0.39 is 41.6 Å². The molecule has 2 heterocycles. The zero-order valence-electron chi connectivity index (χ0n) is 14.5. The van der Waals surface area contributed by atoms with Crippen LogP contribution in [0.25, 0.3) is 0 Å². The highest BCUT2D eigenvalue weighted by Crippen LogP contribution is 2.43. The van der Waals surface area contributed by atoms with Crippen molar-refractivity contribution >= 4 is 17.8 Å². The maximum Gasteiger partial charge on any atom is 0.437 e. The number of aliphatic hydroxyl groups is 1. The lowest BCUT2D eigenvalue weighted by Crippen LogP contribution is -2.72. The number of amides is 2. The summed E-state index contributed by atoms with van der Waals surface area (Å²) >= 11 is 0. The number of hydrogen-bond donors (Lipinski definition) is 4. The summed E-state index contributed by atoms with van der Waals surface area (Å²) in [5, 5.41) is 23.0. The van der Waals surface area contributed by atoms with Crippen molar-refractivity contribution in [3.05, 3.63) is 65.5 Å². The Hall–Kier alpha value is -3.47. The maximum absolute atomic E-state index is 13.7. The minimum Gasteiger partial charge on any atom is -0.478 e. The average Bonchev–Trinajstić information content (AvgIpc) is 2.67. The highest BCUT2D eigenvalue weighted by molar-refractivity contribution is 6.00. The van der Waals surface area contributed by atoms with Gasteiger partial charge in [-0.25, -0.2) is 9.59 Å². The van der Waals surface area contributed by atoms with Crippen molar-refractivity contribution in [1.29, 1.82) is 0 Å². The molecule has 3 atom stereocenters. The third kappa shape index (κ3) is 3.63. The highest BCUT2D eigenvalue weighted by atomic mass is 19.4. The minimum atomic E-state index is -5.38. The summed E-state index contributed by atoms with van der Waals surface area (Å²) in [7, 11) is 0. The number of aromatic nitrogens is 1. The van der Waals surface area contributed by atoms with Crippen molar-refractivity contribution in [2.75, 3.05) is 0 Å². The molecule has 3 rings (SSSR count). The van der Waals surface area contributed by atoms with Crippen molar-refractivity contribution in [2.45, 2.75) is 17.9 Å². The van der Waals surface area contributed by atoms with E-state index in [1.54, 1.807) is 0 Å². The Balaban J connectivity index is 2.14. The Labute approximate surface area is 161 Å². The molecule has 0 unspecified atom stereocenters. The Morgan fingerprint density at radius 2 is 1.76 bits per heavy atom. The van der Waals surface area contributed by atoms with Gasteiger partial charge in [0.05, 0.1) is 11.6 Å². The normalized spacial score (nSPS) is 24.3. The van der Waals surface area contributed by atoms with Crippen LogP contribution in [0.5, 0.6) is 0 Å². The minimum absolute atomic E-state index is 0.00904. The first kappa shape index (κ1) is 20.3. The number of carbonyl (C=O) groups excluding carboxylic acids is 2. The summed E-state index contributed by atoms with van der Waals surface area (Å²) in [6.45, 7) is 0. The van der Waals surface area contributed by atoms with Crippen LogP contribution in [0.2, 0.25) is 0 Å². The van der Waals surface area contributed by atoms with Gasteiger partial charge >= 0.3 is 18.2 Å². The molecule has 8 nitrogen and oxygen atoms in total. The first-order valence-corrected chi connectivity index (χ1v) is 8.20. The van der Waals surface area contributed by atoms with E-state index in [0.29, 0.717) is 0 Å². The van der Waals surface area contributed by atoms with Crippen molar-refractivity contribution in [3.8, 4) is 0 Å². The SMILES string of the molecule is O=C1N[C@H](c2ccc(C(=O)O)cc2)[C@@H](C(=O)c2cccnc2)[C@](O)(C(F)(F)F)N1. The van der Waals surface area contributed by atoms with Crippen LogP contribution in [0.15, 0.2) is 48.8 Å². The second-order valence-corrected chi connectivity index (χ2v) is 6.35. The molecule has 2 amide bonds. The first-order valence-electron chi connectivity index (χ1n) is 8.20. The second kappa shape index (κ2) is 7.17. The molecule has 0 bridgehead atoms. The molecule has 0 aliphatic carbocycles. The third-order valence-corrected chi connectivity index (χ3v) is 4.55. The summed E-state index contributed by atoms with van der Waals surface area (Å²) in [5.41, 5.74) is -4.20. The Bertz CT molecular complexity index is 949. The molecule has 29 heavy (non-hydrogen) atoms. The van der Waals surface area contributed by atoms with E-state index in [1.165, 1.54) is 35.8 Å². The van der Waals surface area contributed by atoms with Crippen molar-refractivity contribution < 1.29 is 37.8 Å². The second-order valence-electron chi connectivity index (χ2n) is 6.35. The van der Waals surface area contributed by atoms with Crippen LogP contribution in [0.1, 0.15) is 32.3 Å². The molecule has 2 aromatic rings. The molecule has 1 aliphatic heterocycles. The monoisotopic (exact) mass is 409 g/mol. The van der Waals surface area contributed by atoms with Gasteiger partial charge in [0, 0.05) is 18.0 Å². The largest absolute Gasteiger partial charge is 0.478 e. The van der Waals surface area contributed by atoms with Crippen LogP contribution in [-0.2, 0) is 0 Å². The zero-order chi connectivity index (χ0) is 21.4. The fourth-order valence-electron chi connectivity index (χ4n) is 3.14. The summed E-state index contributed by atoms with van der Waals surface area (Å²) in [4.78, 5) is 39.5. The van der Waals surface area contributed by atoms with E-state index >= 15 is 0 Å². The molecule has 152 valence electrons. The van der Waals surface area contributed by atoms with Crippen LogP contribution in [-0.4, -0.2) is 44.9 Å². The quantitative estimate of drug-likeness (QED) is 0.571. The number of benzene rings is 1. The number of alkyl halides is 3. The van der Waals surface area contributed by atoms with E-state index in [0.717, 1.165) is 18.3 Å². The number of ketones is 1. The Morgan fingerprint density at radius 3 is 2.28 bits per heavy atom. The number of nitrogens with zero attached hydrogens (tertiary/aromatic N) is 1. The van der Waals surface area contributed by atoms with E-state index in [9.17, 15) is 32.7 Å². The number of rotatable bonds is 4. The summed E-state index contributed by atoms with van der Waals surface area (Å²) < 4.78 is 41.2. The predicted octanol–water partition coefficient (Wildman–Crippen LogP) is 1.88. The number of carboxylic acid groups (broad SMARTS) is 1. The standard InChI is InChI=1S/C18H14F3N3O5/c19-18(20,21)17(29)12(14(25)11-2-1-7-22-8-11)13(23-16(28)24-17)9-3-5-10(6-4-9)15(26)27/h1-8,12-13,29H,(H,26,27)(H2,23,24,28)/t12-,13+,17-/m0/s1. The zero-order valence-corrected chi connectivity index (χ0v) is 14.5. The molecule has 1 aromatic carbocycles. The molecule has 0 radical (unpaired) electrons. The lowest BCUT2D eigenvalue weighted by molar-refractivity contribution is -0.287.